The number of nitrogens with one attached hydrogen (secondary N) is 1. The van der Waals surface area contributed by atoms with E-state index in [2.05, 4.69) is 5.32 Å². The van der Waals surface area contributed by atoms with Crippen LogP contribution in [0.2, 0.25) is 0 Å². The van der Waals surface area contributed by atoms with Crippen molar-refractivity contribution in [2.75, 3.05) is 19.0 Å². The maximum atomic E-state index is 12.2. The van der Waals surface area contributed by atoms with Crippen LogP contribution in [0.1, 0.15) is 48.9 Å². The topological polar surface area (TPSA) is 81.7 Å². The van der Waals surface area contributed by atoms with E-state index in [1.807, 2.05) is 13.0 Å². The van der Waals surface area contributed by atoms with Crippen molar-refractivity contribution in [3.8, 4) is 0 Å². The third-order valence-corrected chi connectivity index (χ3v) is 6.40. The first-order valence-electron chi connectivity index (χ1n) is 8.25. The molecule has 0 saturated carbocycles. The first-order valence-corrected chi connectivity index (χ1v) is 9.94. The molecule has 0 aromatic carbocycles. The van der Waals surface area contributed by atoms with E-state index in [9.17, 15) is 14.4 Å². The SMILES string of the molecule is COC(=O)c1c(NC(=O)COC(=O)c2sccc2C)sc2c1CCCC2. The Morgan fingerprint density at radius 1 is 1.19 bits per heavy atom. The number of methoxy groups -OCH3 is 1. The quantitative estimate of drug-likeness (QED) is 0.785. The molecule has 0 radical (unpaired) electrons. The second-order valence-corrected chi connectivity index (χ2v) is 7.98. The Hall–Kier alpha value is -2.19. The average Bonchev–Trinajstić information content (AvgIpc) is 3.22. The number of thiophene rings is 2. The minimum Gasteiger partial charge on any atom is -0.465 e. The van der Waals surface area contributed by atoms with Crippen LogP contribution in [0.25, 0.3) is 0 Å². The monoisotopic (exact) mass is 393 g/mol. The van der Waals surface area contributed by atoms with Gasteiger partial charge in [-0.1, -0.05) is 0 Å². The zero-order chi connectivity index (χ0) is 18.7. The third-order valence-electron chi connectivity index (χ3n) is 4.20. The Labute approximate surface area is 159 Å². The van der Waals surface area contributed by atoms with Crippen molar-refractivity contribution in [3.05, 3.63) is 37.9 Å². The molecule has 0 bridgehead atoms. The van der Waals surface area contributed by atoms with Crippen molar-refractivity contribution < 1.29 is 23.9 Å². The standard InChI is InChI=1S/C18H19NO5S2/c1-10-7-8-25-15(10)18(22)24-9-13(20)19-16-14(17(21)23-2)11-5-3-4-6-12(11)26-16/h7-8H,3-6,9H2,1-2H3,(H,19,20). The Balaban J connectivity index is 1.69. The highest BCUT2D eigenvalue weighted by Crippen LogP contribution is 2.38. The molecule has 26 heavy (non-hydrogen) atoms. The second-order valence-electron chi connectivity index (χ2n) is 5.96. The number of carbonyl (C=O) groups is 3. The van der Waals surface area contributed by atoms with Crippen molar-refractivity contribution in [1.82, 2.24) is 0 Å². The molecule has 2 aromatic rings. The molecule has 138 valence electrons. The fourth-order valence-corrected chi connectivity index (χ4v) is 5.02. The normalized spacial score (nSPS) is 13.0. The number of ether oxygens (including phenoxy) is 2. The van der Waals surface area contributed by atoms with E-state index in [-0.39, 0.29) is 0 Å². The molecule has 0 fully saturated rings. The van der Waals surface area contributed by atoms with E-state index in [1.165, 1.54) is 29.8 Å². The van der Waals surface area contributed by atoms with Crippen LogP contribution < -0.4 is 5.32 Å². The smallest absolute Gasteiger partial charge is 0.349 e. The summed E-state index contributed by atoms with van der Waals surface area (Å²) >= 11 is 2.67. The highest BCUT2D eigenvalue weighted by molar-refractivity contribution is 7.17. The van der Waals surface area contributed by atoms with E-state index in [0.717, 1.165) is 41.7 Å². The van der Waals surface area contributed by atoms with Gasteiger partial charge in [0.1, 0.15) is 9.88 Å². The van der Waals surface area contributed by atoms with Gasteiger partial charge < -0.3 is 14.8 Å². The van der Waals surface area contributed by atoms with Gasteiger partial charge in [0, 0.05) is 4.88 Å². The van der Waals surface area contributed by atoms with Crippen LogP contribution in [-0.2, 0) is 27.1 Å². The van der Waals surface area contributed by atoms with Gasteiger partial charge in [-0.25, -0.2) is 9.59 Å². The molecule has 1 aliphatic carbocycles. The van der Waals surface area contributed by atoms with Gasteiger partial charge in [-0.3, -0.25) is 4.79 Å². The van der Waals surface area contributed by atoms with E-state index < -0.39 is 24.5 Å². The molecule has 0 atom stereocenters. The van der Waals surface area contributed by atoms with Gasteiger partial charge in [-0.15, -0.1) is 22.7 Å². The number of hydrogen-bond acceptors (Lipinski definition) is 7. The zero-order valence-electron chi connectivity index (χ0n) is 14.5. The zero-order valence-corrected chi connectivity index (χ0v) is 16.2. The van der Waals surface area contributed by atoms with Crippen LogP contribution in [0.3, 0.4) is 0 Å². The summed E-state index contributed by atoms with van der Waals surface area (Å²) in [5.41, 5.74) is 2.22. The first-order chi connectivity index (χ1) is 12.5. The van der Waals surface area contributed by atoms with Gasteiger partial charge >= 0.3 is 11.9 Å². The third kappa shape index (κ3) is 3.81. The summed E-state index contributed by atoms with van der Waals surface area (Å²) in [5, 5.41) is 4.97. The molecular weight excluding hydrogens is 374 g/mol. The van der Waals surface area contributed by atoms with Crippen LogP contribution in [0.4, 0.5) is 5.00 Å². The number of carbonyl (C=O) groups excluding carboxylic acids is 3. The highest BCUT2D eigenvalue weighted by atomic mass is 32.1. The van der Waals surface area contributed by atoms with E-state index in [1.54, 1.807) is 5.38 Å². The van der Waals surface area contributed by atoms with Crippen molar-refractivity contribution in [3.63, 3.8) is 0 Å². The fourth-order valence-electron chi connectivity index (χ4n) is 2.91. The van der Waals surface area contributed by atoms with Crippen molar-refractivity contribution in [2.24, 2.45) is 0 Å². The average molecular weight is 393 g/mol. The Morgan fingerprint density at radius 3 is 2.65 bits per heavy atom. The molecule has 3 rings (SSSR count). The molecule has 6 nitrogen and oxygen atoms in total. The van der Waals surface area contributed by atoms with Gasteiger partial charge in [0.05, 0.1) is 12.7 Å². The summed E-state index contributed by atoms with van der Waals surface area (Å²) in [6.45, 7) is 1.41. The minimum atomic E-state index is -0.522. The summed E-state index contributed by atoms with van der Waals surface area (Å²) in [6, 6.07) is 1.82. The molecule has 0 spiro atoms. The van der Waals surface area contributed by atoms with Crippen LogP contribution in [0.15, 0.2) is 11.4 Å². The van der Waals surface area contributed by atoms with E-state index >= 15 is 0 Å². The molecule has 0 saturated heterocycles. The predicted octanol–water partition coefficient (Wildman–Crippen LogP) is 3.58. The summed E-state index contributed by atoms with van der Waals surface area (Å²) in [7, 11) is 1.33. The van der Waals surface area contributed by atoms with Crippen molar-refractivity contribution in [2.45, 2.75) is 32.6 Å². The second kappa shape index (κ2) is 8.01. The van der Waals surface area contributed by atoms with Gasteiger partial charge in [0.25, 0.3) is 5.91 Å². The van der Waals surface area contributed by atoms with Crippen LogP contribution >= 0.6 is 22.7 Å². The first kappa shape index (κ1) is 18.6. The molecule has 2 aromatic heterocycles. The number of fused-ring (bicyclic) bond motifs is 1. The van der Waals surface area contributed by atoms with E-state index in [0.29, 0.717) is 15.4 Å². The van der Waals surface area contributed by atoms with Gasteiger partial charge in [0.2, 0.25) is 0 Å². The summed E-state index contributed by atoms with van der Waals surface area (Å²) in [4.78, 5) is 38.0. The number of hydrogen-bond donors (Lipinski definition) is 1. The number of anilines is 1. The van der Waals surface area contributed by atoms with Gasteiger partial charge in [-0.2, -0.15) is 0 Å². The maximum absolute atomic E-state index is 12.2. The van der Waals surface area contributed by atoms with Gasteiger partial charge in [0.15, 0.2) is 6.61 Å². The maximum Gasteiger partial charge on any atom is 0.349 e. The van der Waals surface area contributed by atoms with Crippen LogP contribution in [0.5, 0.6) is 0 Å². The number of esters is 2. The summed E-state index contributed by atoms with van der Waals surface area (Å²) in [5.74, 6) is -1.45. The summed E-state index contributed by atoms with van der Waals surface area (Å²) in [6.07, 6.45) is 3.78. The highest BCUT2D eigenvalue weighted by Gasteiger charge is 2.27. The van der Waals surface area contributed by atoms with Crippen LogP contribution in [0, 0.1) is 6.92 Å². The van der Waals surface area contributed by atoms with E-state index in [4.69, 9.17) is 9.47 Å². The molecule has 1 aliphatic rings. The number of rotatable bonds is 5. The Bertz CT molecular complexity index is 852. The lowest BCUT2D eigenvalue weighted by molar-refractivity contribution is -0.119. The lowest BCUT2D eigenvalue weighted by Gasteiger charge is -2.11. The lowest BCUT2D eigenvalue weighted by atomic mass is 9.95. The van der Waals surface area contributed by atoms with Crippen molar-refractivity contribution in [1.29, 1.82) is 0 Å². The Kier molecular flexibility index (Phi) is 5.73. The molecule has 0 aliphatic heterocycles. The fraction of sp³-hybridized carbons (Fsp3) is 0.389. The van der Waals surface area contributed by atoms with Crippen LogP contribution in [-0.4, -0.2) is 31.6 Å². The Morgan fingerprint density at radius 2 is 1.96 bits per heavy atom. The lowest BCUT2D eigenvalue weighted by Crippen LogP contribution is -2.21. The predicted molar refractivity (Wildman–Crippen MR) is 100 cm³/mol. The minimum absolute atomic E-state index is 0.403. The molecule has 0 unspecified atom stereocenters. The molecular formula is C18H19NO5S2. The summed E-state index contributed by atoms with van der Waals surface area (Å²) < 4.78 is 9.95. The number of aryl methyl sites for hydroxylation is 2. The molecule has 1 N–H and O–H groups in total. The van der Waals surface area contributed by atoms with Crippen molar-refractivity contribution >= 4 is 45.5 Å². The van der Waals surface area contributed by atoms with Gasteiger partial charge in [-0.05, 0) is 55.2 Å². The number of amides is 1. The molecule has 2 heterocycles. The molecule has 1 amide bonds. The largest absolute Gasteiger partial charge is 0.465 e. The molecule has 8 heteroatoms.